The lowest BCUT2D eigenvalue weighted by molar-refractivity contribution is -0.144. The van der Waals surface area contributed by atoms with Gasteiger partial charge in [-0.2, -0.15) is 0 Å². The number of amides is 2. The summed E-state index contributed by atoms with van der Waals surface area (Å²) in [5.41, 5.74) is 0.919. The highest BCUT2D eigenvalue weighted by molar-refractivity contribution is 7.12. The van der Waals surface area contributed by atoms with E-state index < -0.39 is 6.04 Å². The van der Waals surface area contributed by atoms with Gasteiger partial charge in [0.25, 0.3) is 5.91 Å². The number of halogens is 1. The van der Waals surface area contributed by atoms with E-state index in [1.165, 1.54) is 23.5 Å². The SMILES string of the molecule is CCOC(=O)C[C@@H](c1ccc(F)cc1)C1CCN(C(=O)[C@H]2CCCN2C(=O)c2cccs2)CC1. The van der Waals surface area contributed by atoms with Crippen molar-refractivity contribution in [1.82, 2.24) is 9.80 Å². The van der Waals surface area contributed by atoms with Gasteiger partial charge < -0.3 is 14.5 Å². The molecule has 0 saturated carbocycles. The van der Waals surface area contributed by atoms with Gasteiger partial charge in [0, 0.05) is 19.6 Å². The zero-order valence-electron chi connectivity index (χ0n) is 19.5. The van der Waals surface area contributed by atoms with E-state index in [9.17, 15) is 18.8 Å². The molecule has 8 heteroatoms. The second kappa shape index (κ2) is 11.1. The molecule has 1 aromatic heterocycles. The van der Waals surface area contributed by atoms with E-state index in [1.54, 1.807) is 30.0 Å². The Morgan fingerprint density at radius 3 is 2.47 bits per heavy atom. The maximum atomic E-state index is 13.5. The van der Waals surface area contributed by atoms with Gasteiger partial charge >= 0.3 is 5.97 Å². The number of hydrogen-bond acceptors (Lipinski definition) is 5. The van der Waals surface area contributed by atoms with Crippen LogP contribution in [0.5, 0.6) is 0 Å². The molecule has 2 aromatic rings. The number of ether oxygens (including phenoxy) is 1. The summed E-state index contributed by atoms with van der Waals surface area (Å²) in [6, 6.07) is 9.57. The topological polar surface area (TPSA) is 66.9 Å². The Bertz CT molecular complexity index is 987. The number of carbonyl (C=O) groups excluding carboxylic acids is 3. The number of nitrogens with zero attached hydrogens (tertiary/aromatic N) is 2. The van der Waals surface area contributed by atoms with E-state index in [0.717, 1.165) is 24.8 Å². The van der Waals surface area contributed by atoms with Crippen LogP contribution in [0.4, 0.5) is 4.39 Å². The Hall–Kier alpha value is -2.74. The van der Waals surface area contributed by atoms with Crippen molar-refractivity contribution in [3.05, 3.63) is 58.0 Å². The molecule has 2 amide bonds. The summed E-state index contributed by atoms with van der Waals surface area (Å²) in [5.74, 6) is -0.510. The van der Waals surface area contributed by atoms with Crippen molar-refractivity contribution in [1.29, 1.82) is 0 Å². The highest BCUT2D eigenvalue weighted by Gasteiger charge is 2.39. The first-order chi connectivity index (χ1) is 16.5. The quantitative estimate of drug-likeness (QED) is 0.542. The smallest absolute Gasteiger partial charge is 0.306 e. The van der Waals surface area contributed by atoms with Crippen molar-refractivity contribution in [2.45, 2.75) is 51.0 Å². The first kappa shape index (κ1) is 24.4. The molecule has 2 aliphatic rings. The number of thiophene rings is 1. The predicted molar refractivity (Wildman–Crippen MR) is 128 cm³/mol. The van der Waals surface area contributed by atoms with Crippen LogP contribution in [0.2, 0.25) is 0 Å². The van der Waals surface area contributed by atoms with Crippen LogP contribution in [0.25, 0.3) is 0 Å². The summed E-state index contributed by atoms with van der Waals surface area (Å²) in [6.45, 7) is 3.88. The highest BCUT2D eigenvalue weighted by Crippen LogP contribution is 2.36. The average Bonchev–Trinajstić information content (AvgIpc) is 3.55. The van der Waals surface area contributed by atoms with E-state index in [-0.39, 0.29) is 41.9 Å². The fourth-order valence-corrected chi connectivity index (χ4v) is 5.89. The number of carbonyl (C=O) groups is 3. The molecule has 2 aliphatic heterocycles. The van der Waals surface area contributed by atoms with Crippen LogP contribution in [0.3, 0.4) is 0 Å². The largest absolute Gasteiger partial charge is 0.466 e. The van der Waals surface area contributed by atoms with Crippen LogP contribution in [0.15, 0.2) is 41.8 Å². The third-order valence-electron chi connectivity index (χ3n) is 6.94. The first-order valence-electron chi connectivity index (χ1n) is 12.0. The summed E-state index contributed by atoms with van der Waals surface area (Å²) in [6.07, 6.45) is 3.26. The van der Waals surface area contributed by atoms with Gasteiger partial charge in [-0.1, -0.05) is 18.2 Å². The molecule has 2 fully saturated rings. The van der Waals surface area contributed by atoms with Crippen molar-refractivity contribution in [3.8, 4) is 0 Å². The molecule has 0 spiro atoms. The molecule has 6 nitrogen and oxygen atoms in total. The number of rotatable bonds is 7. The first-order valence-corrected chi connectivity index (χ1v) is 12.9. The van der Waals surface area contributed by atoms with Crippen molar-refractivity contribution in [3.63, 3.8) is 0 Å². The van der Waals surface area contributed by atoms with Crippen LogP contribution >= 0.6 is 11.3 Å². The van der Waals surface area contributed by atoms with Crippen LogP contribution in [0, 0.1) is 11.7 Å². The zero-order chi connectivity index (χ0) is 24.1. The normalized spacial score (nSPS) is 19.8. The van der Waals surface area contributed by atoms with E-state index in [4.69, 9.17) is 4.74 Å². The minimum absolute atomic E-state index is 0.0181. The number of likely N-dealkylation sites (tertiary alicyclic amines) is 2. The Kier molecular flexibility index (Phi) is 7.98. The maximum absolute atomic E-state index is 13.5. The molecule has 2 atom stereocenters. The maximum Gasteiger partial charge on any atom is 0.306 e. The second-order valence-corrected chi connectivity index (χ2v) is 9.91. The van der Waals surface area contributed by atoms with Gasteiger partial charge in [0.2, 0.25) is 5.91 Å². The molecule has 2 saturated heterocycles. The lowest BCUT2D eigenvalue weighted by Crippen LogP contribution is -2.50. The molecule has 4 rings (SSSR count). The van der Waals surface area contributed by atoms with E-state index in [2.05, 4.69) is 0 Å². The van der Waals surface area contributed by atoms with Crippen LogP contribution in [0.1, 0.15) is 60.2 Å². The number of hydrogen-bond donors (Lipinski definition) is 0. The fraction of sp³-hybridized carbons (Fsp3) is 0.500. The number of benzene rings is 1. The monoisotopic (exact) mass is 486 g/mol. The second-order valence-electron chi connectivity index (χ2n) is 8.96. The van der Waals surface area contributed by atoms with Crippen LogP contribution < -0.4 is 0 Å². The number of piperidine rings is 1. The Morgan fingerprint density at radius 1 is 1.09 bits per heavy atom. The molecule has 182 valence electrons. The summed E-state index contributed by atoms with van der Waals surface area (Å²) in [4.78, 5) is 42.8. The highest BCUT2D eigenvalue weighted by atomic mass is 32.1. The molecule has 0 N–H and O–H groups in total. The van der Waals surface area contributed by atoms with Gasteiger partial charge in [0.1, 0.15) is 11.9 Å². The van der Waals surface area contributed by atoms with Crippen molar-refractivity contribution < 1.29 is 23.5 Å². The van der Waals surface area contributed by atoms with E-state index >= 15 is 0 Å². The van der Waals surface area contributed by atoms with Crippen LogP contribution in [-0.2, 0) is 14.3 Å². The molecular formula is C26H31FN2O4S. The summed E-state index contributed by atoms with van der Waals surface area (Å²) in [5, 5.41) is 1.87. The third kappa shape index (κ3) is 5.49. The molecule has 34 heavy (non-hydrogen) atoms. The van der Waals surface area contributed by atoms with Gasteiger partial charge in [0.05, 0.1) is 17.9 Å². The fourth-order valence-electron chi connectivity index (χ4n) is 5.21. The molecule has 1 aromatic carbocycles. The van der Waals surface area contributed by atoms with Gasteiger partial charge in [-0.15, -0.1) is 11.3 Å². The summed E-state index contributed by atoms with van der Waals surface area (Å²) >= 11 is 1.40. The van der Waals surface area contributed by atoms with Gasteiger partial charge in [-0.3, -0.25) is 14.4 Å². The molecule has 0 aliphatic carbocycles. The number of esters is 1. The molecule has 0 radical (unpaired) electrons. The van der Waals surface area contributed by atoms with E-state index in [1.807, 2.05) is 16.3 Å². The van der Waals surface area contributed by atoms with Crippen LogP contribution in [-0.4, -0.2) is 59.9 Å². The summed E-state index contributed by atoms with van der Waals surface area (Å²) in [7, 11) is 0. The lowest BCUT2D eigenvalue weighted by atomic mass is 9.78. The molecule has 0 bridgehead atoms. The Morgan fingerprint density at radius 2 is 1.82 bits per heavy atom. The summed E-state index contributed by atoms with van der Waals surface area (Å²) < 4.78 is 18.7. The minimum atomic E-state index is -0.404. The molecular weight excluding hydrogens is 455 g/mol. The predicted octanol–water partition coefficient (Wildman–Crippen LogP) is 4.47. The molecule has 0 unspecified atom stereocenters. The Balaban J connectivity index is 1.41. The molecule has 3 heterocycles. The van der Waals surface area contributed by atoms with Gasteiger partial charge in [0.15, 0.2) is 0 Å². The third-order valence-corrected chi connectivity index (χ3v) is 7.80. The van der Waals surface area contributed by atoms with Gasteiger partial charge in [-0.25, -0.2) is 4.39 Å². The standard InChI is InChI=1S/C26H31FN2O4S/c1-2-33-24(30)17-21(18-7-9-20(27)10-8-18)19-11-14-28(15-12-19)25(31)22-5-3-13-29(22)26(32)23-6-4-16-34-23/h4,6-10,16,19,21-22H,2-3,5,11-15,17H2,1H3/t21-,22+/m0/s1. The van der Waals surface area contributed by atoms with Crippen molar-refractivity contribution in [2.24, 2.45) is 5.92 Å². The Labute approximate surface area is 203 Å². The lowest BCUT2D eigenvalue weighted by Gasteiger charge is -2.38. The van der Waals surface area contributed by atoms with Crippen molar-refractivity contribution >= 4 is 29.1 Å². The zero-order valence-corrected chi connectivity index (χ0v) is 20.3. The average molecular weight is 487 g/mol. The minimum Gasteiger partial charge on any atom is -0.466 e. The van der Waals surface area contributed by atoms with E-state index in [0.29, 0.717) is 37.5 Å². The van der Waals surface area contributed by atoms with Crippen molar-refractivity contribution in [2.75, 3.05) is 26.2 Å². The van der Waals surface area contributed by atoms with Gasteiger partial charge in [-0.05, 0) is 73.6 Å².